The number of ether oxygens (including phenoxy) is 2. The molecule has 11 heteroatoms. The summed E-state index contributed by atoms with van der Waals surface area (Å²) in [6.07, 6.45) is 1.31. The van der Waals surface area contributed by atoms with Crippen LogP contribution in [0.1, 0.15) is 21.5 Å². The normalized spacial score (nSPS) is 11.0. The minimum Gasteiger partial charge on any atom is -0.493 e. The number of aromatic nitrogens is 2. The number of nitro groups is 1. The zero-order chi connectivity index (χ0) is 28.9. The smallest absolute Gasteiger partial charge is 0.335 e. The largest absolute Gasteiger partial charge is 0.493 e. The molecule has 204 valence electrons. The van der Waals surface area contributed by atoms with Gasteiger partial charge in [-0.3, -0.25) is 14.9 Å². The van der Waals surface area contributed by atoms with Gasteiger partial charge in [0.05, 0.1) is 34.7 Å². The molecular formula is C30H22N4O7. The van der Waals surface area contributed by atoms with Gasteiger partial charge < -0.3 is 14.6 Å². The topological polar surface area (TPSA) is 146 Å². The van der Waals surface area contributed by atoms with Crippen molar-refractivity contribution in [3.8, 4) is 22.9 Å². The van der Waals surface area contributed by atoms with Crippen molar-refractivity contribution < 1.29 is 24.3 Å². The number of hydrogen-bond donors (Lipinski definition) is 1. The maximum atomic E-state index is 13.4. The number of methoxy groups -OCH3 is 1. The molecule has 5 rings (SSSR count). The quantitative estimate of drug-likeness (QED) is 0.151. The zero-order valence-corrected chi connectivity index (χ0v) is 21.6. The predicted octanol–water partition coefficient (Wildman–Crippen LogP) is 5.14. The van der Waals surface area contributed by atoms with E-state index in [-0.39, 0.29) is 34.9 Å². The molecule has 11 nitrogen and oxygen atoms in total. The van der Waals surface area contributed by atoms with E-state index in [0.29, 0.717) is 27.9 Å². The van der Waals surface area contributed by atoms with E-state index in [1.54, 1.807) is 48.5 Å². The number of rotatable bonds is 9. The Hall–Kier alpha value is -5.84. The number of benzene rings is 4. The van der Waals surface area contributed by atoms with Gasteiger partial charge in [0.2, 0.25) is 5.75 Å². The van der Waals surface area contributed by atoms with Crippen LogP contribution >= 0.6 is 0 Å². The van der Waals surface area contributed by atoms with E-state index in [2.05, 4.69) is 10.1 Å². The lowest BCUT2D eigenvalue weighted by Gasteiger charge is -2.12. The van der Waals surface area contributed by atoms with Gasteiger partial charge >= 0.3 is 11.7 Å². The molecule has 0 saturated carbocycles. The van der Waals surface area contributed by atoms with Gasteiger partial charge in [-0.25, -0.2) is 9.78 Å². The molecule has 0 radical (unpaired) electrons. The molecule has 0 aliphatic heterocycles. The summed E-state index contributed by atoms with van der Waals surface area (Å²) in [5.74, 6) is -0.785. The van der Waals surface area contributed by atoms with E-state index < -0.39 is 16.5 Å². The standard InChI is InChI=1S/C30H22N4O7/c1-40-26-16-20(15-25(34(38)39)27(26)41-18-19-11-13-22(14-12-19)30(36)37)17-31-33-28(21-7-3-2-4-8-21)32-24-10-6-5-9-23(24)29(33)35/h2-17H,18H2,1H3,(H,36,37). The lowest BCUT2D eigenvalue weighted by Crippen LogP contribution is -2.20. The number of aromatic carboxylic acids is 1. The van der Waals surface area contributed by atoms with Gasteiger partial charge in [0.15, 0.2) is 11.6 Å². The van der Waals surface area contributed by atoms with Crippen LogP contribution in [-0.4, -0.2) is 39.0 Å². The summed E-state index contributed by atoms with van der Waals surface area (Å²) in [4.78, 5) is 40.5. The van der Waals surface area contributed by atoms with E-state index in [1.807, 2.05) is 18.2 Å². The number of carbonyl (C=O) groups is 1. The second kappa shape index (κ2) is 11.5. The molecule has 1 heterocycles. The number of hydrogen-bond acceptors (Lipinski definition) is 8. The number of carboxylic acids is 1. The summed E-state index contributed by atoms with van der Waals surface area (Å²) < 4.78 is 12.3. The Kier molecular flexibility index (Phi) is 7.50. The molecule has 0 aliphatic rings. The SMILES string of the molecule is COc1cc(C=Nn2c(-c3ccccc3)nc3ccccc3c2=O)cc([N+](=O)[O-])c1OCc1ccc(C(=O)O)cc1. The average Bonchev–Trinajstić information content (AvgIpc) is 2.99. The molecule has 4 aromatic carbocycles. The van der Waals surface area contributed by atoms with Gasteiger partial charge in [0, 0.05) is 17.2 Å². The average molecular weight is 551 g/mol. The fourth-order valence-corrected chi connectivity index (χ4v) is 4.14. The summed E-state index contributed by atoms with van der Waals surface area (Å²) in [5, 5.41) is 25.8. The molecule has 0 unspecified atom stereocenters. The second-order valence-corrected chi connectivity index (χ2v) is 8.80. The van der Waals surface area contributed by atoms with Crippen LogP contribution in [0.4, 0.5) is 5.69 Å². The number of fused-ring (bicyclic) bond motifs is 1. The number of para-hydroxylation sites is 1. The molecule has 0 aliphatic carbocycles. The maximum Gasteiger partial charge on any atom is 0.335 e. The summed E-state index contributed by atoms with van der Waals surface area (Å²) in [6.45, 7) is -0.0663. The molecule has 0 saturated heterocycles. The van der Waals surface area contributed by atoms with E-state index in [0.717, 1.165) is 4.68 Å². The van der Waals surface area contributed by atoms with Crippen LogP contribution in [0, 0.1) is 10.1 Å². The molecule has 0 amide bonds. The molecule has 0 spiro atoms. The van der Waals surface area contributed by atoms with Crippen molar-refractivity contribution in [3.63, 3.8) is 0 Å². The molecule has 5 aromatic rings. The van der Waals surface area contributed by atoms with Crippen molar-refractivity contribution in [2.75, 3.05) is 7.11 Å². The number of nitro benzene ring substituents is 1. The summed E-state index contributed by atoms with van der Waals surface area (Å²) in [7, 11) is 1.35. The monoisotopic (exact) mass is 550 g/mol. The second-order valence-electron chi connectivity index (χ2n) is 8.80. The Labute approximate surface area is 232 Å². The van der Waals surface area contributed by atoms with E-state index >= 15 is 0 Å². The fraction of sp³-hybridized carbons (Fsp3) is 0.0667. The van der Waals surface area contributed by atoms with Gasteiger partial charge in [-0.2, -0.15) is 9.78 Å². The first-order chi connectivity index (χ1) is 19.9. The van der Waals surface area contributed by atoms with Gasteiger partial charge in [0.1, 0.15) is 6.61 Å². The van der Waals surface area contributed by atoms with Gasteiger partial charge in [-0.15, -0.1) is 0 Å². The van der Waals surface area contributed by atoms with Crippen LogP contribution in [0.2, 0.25) is 0 Å². The van der Waals surface area contributed by atoms with Gasteiger partial charge in [-0.1, -0.05) is 54.6 Å². The van der Waals surface area contributed by atoms with Gasteiger partial charge in [0.25, 0.3) is 5.56 Å². The Morgan fingerprint density at radius 2 is 1.76 bits per heavy atom. The van der Waals surface area contributed by atoms with Crippen molar-refractivity contribution in [3.05, 3.63) is 128 Å². The molecule has 41 heavy (non-hydrogen) atoms. The van der Waals surface area contributed by atoms with Crippen LogP contribution in [-0.2, 0) is 6.61 Å². The van der Waals surface area contributed by atoms with Crippen molar-refractivity contribution in [1.82, 2.24) is 9.66 Å². The highest BCUT2D eigenvalue weighted by atomic mass is 16.6. The predicted molar refractivity (Wildman–Crippen MR) is 152 cm³/mol. The molecule has 0 fully saturated rings. The first-order valence-corrected chi connectivity index (χ1v) is 12.3. The maximum absolute atomic E-state index is 13.4. The first-order valence-electron chi connectivity index (χ1n) is 12.3. The van der Waals surface area contributed by atoms with Crippen LogP contribution in [0.3, 0.4) is 0 Å². The summed E-state index contributed by atoms with van der Waals surface area (Å²) in [5.41, 5.74) is 1.40. The lowest BCUT2D eigenvalue weighted by molar-refractivity contribution is -0.386. The molecule has 1 aromatic heterocycles. The third kappa shape index (κ3) is 5.64. The Bertz CT molecular complexity index is 1850. The van der Waals surface area contributed by atoms with Gasteiger partial charge in [-0.05, 0) is 35.9 Å². The highest BCUT2D eigenvalue weighted by molar-refractivity contribution is 5.87. The van der Waals surface area contributed by atoms with E-state index in [9.17, 15) is 19.7 Å². The van der Waals surface area contributed by atoms with E-state index in [4.69, 9.17) is 14.6 Å². The molecule has 0 atom stereocenters. The minimum atomic E-state index is -1.07. The molecule has 0 bridgehead atoms. The third-order valence-electron chi connectivity index (χ3n) is 6.17. The minimum absolute atomic E-state index is 0.0663. The van der Waals surface area contributed by atoms with E-state index in [1.165, 1.54) is 37.6 Å². The highest BCUT2D eigenvalue weighted by Crippen LogP contribution is 2.38. The van der Waals surface area contributed by atoms with Crippen molar-refractivity contribution in [2.24, 2.45) is 5.10 Å². The fourth-order valence-electron chi connectivity index (χ4n) is 4.14. The van der Waals surface area contributed by atoms with Crippen LogP contribution < -0.4 is 15.0 Å². The molecule has 1 N–H and O–H groups in total. The number of carboxylic acid groups (broad SMARTS) is 1. The van der Waals surface area contributed by atoms with Crippen LogP contribution in [0.25, 0.3) is 22.3 Å². The van der Waals surface area contributed by atoms with Crippen molar-refractivity contribution in [2.45, 2.75) is 6.61 Å². The third-order valence-corrected chi connectivity index (χ3v) is 6.17. The Morgan fingerprint density at radius 1 is 1.05 bits per heavy atom. The summed E-state index contributed by atoms with van der Waals surface area (Å²) in [6, 6.07) is 24.7. The molecular weight excluding hydrogens is 528 g/mol. The van der Waals surface area contributed by atoms with Crippen molar-refractivity contribution >= 4 is 28.8 Å². The Balaban J connectivity index is 1.53. The first kappa shape index (κ1) is 26.8. The summed E-state index contributed by atoms with van der Waals surface area (Å²) >= 11 is 0. The Morgan fingerprint density at radius 3 is 2.44 bits per heavy atom. The van der Waals surface area contributed by atoms with Crippen LogP contribution in [0.15, 0.2) is 101 Å². The lowest BCUT2D eigenvalue weighted by atomic mass is 10.1. The zero-order valence-electron chi connectivity index (χ0n) is 21.6. The van der Waals surface area contributed by atoms with Crippen molar-refractivity contribution in [1.29, 1.82) is 0 Å². The van der Waals surface area contributed by atoms with Crippen LogP contribution in [0.5, 0.6) is 11.5 Å². The highest BCUT2D eigenvalue weighted by Gasteiger charge is 2.22. The number of nitrogens with zero attached hydrogens (tertiary/aromatic N) is 4.